The molecule has 0 fully saturated rings. The Labute approximate surface area is 205 Å². The second-order valence-corrected chi connectivity index (χ2v) is 8.72. The summed E-state index contributed by atoms with van der Waals surface area (Å²) in [6.07, 6.45) is 4.56. The Kier molecular flexibility index (Phi) is 5.33. The number of nitro groups is 1. The lowest BCUT2D eigenvalue weighted by Gasteiger charge is -2.19. The van der Waals surface area contributed by atoms with Crippen molar-refractivity contribution >= 4 is 16.6 Å². The van der Waals surface area contributed by atoms with Gasteiger partial charge in [0.25, 0.3) is 0 Å². The van der Waals surface area contributed by atoms with Crippen molar-refractivity contribution in [2.24, 2.45) is 0 Å². The molecule has 0 saturated carbocycles. The quantitative estimate of drug-likeness (QED) is 0.238. The largest absolute Gasteiger partial charge is 0.493 e. The van der Waals surface area contributed by atoms with E-state index in [4.69, 9.17) is 18.9 Å². The topological polar surface area (TPSA) is 122 Å². The summed E-state index contributed by atoms with van der Waals surface area (Å²) >= 11 is 0. The monoisotopic (exact) mass is 491 g/mol. The molecule has 0 bridgehead atoms. The lowest BCUT2D eigenvalue weighted by atomic mass is 9.95. The van der Waals surface area contributed by atoms with Gasteiger partial charge in [0.15, 0.2) is 35.7 Å². The molecule has 184 valence electrons. The van der Waals surface area contributed by atoms with Gasteiger partial charge in [-0.25, -0.2) is 0 Å². The van der Waals surface area contributed by atoms with Crippen LogP contribution in [0.3, 0.4) is 0 Å². The third-order valence-corrected chi connectivity index (χ3v) is 6.44. The van der Waals surface area contributed by atoms with Gasteiger partial charge in [0, 0.05) is 12.5 Å². The average Bonchev–Trinajstić information content (AvgIpc) is 3.54. The fourth-order valence-corrected chi connectivity index (χ4v) is 4.72. The van der Waals surface area contributed by atoms with Crippen LogP contribution in [0.2, 0.25) is 0 Å². The molecular weight excluding hydrogens is 468 g/mol. The molecule has 1 atom stereocenters. The van der Waals surface area contributed by atoms with Crippen LogP contribution in [0.25, 0.3) is 22.0 Å². The number of methoxy groups -OCH3 is 1. The highest BCUT2D eigenvalue weighted by Gasteiger charge is 2.29. The Balaban J connectivity index is 1.30. The smallest absolute Gasteiger partial charge is 0.381 e. The number of hydrogen-bond donors (Lipinski definition) is 1. The van der Waals surface area contributed by atoms with E-state index in [1.807, 2.05) is 24.4 Å². The van der Waals surface area contributed by atoms with Crippen LogP contribution in [0.1, 0.15) is 5.56 Å². The van der Waals surface area contributed by atoms with E-state index in [9.17, 15) is 15.2 Å². The number of benzene rings is 2. The molecule has 0 aliphatic carbocycles. The number of aryl methyl sites for hydroxylation is 2. The third kappa shape index (κ3) is 3.83. The van der Waals surface area contributed by atoms with Crippen LogP contribution < -0.4 is 23.5 Å². The maximum atomic E-state index is 10.8. The van der Waals surface area contributed by atoms with Crippen LogP contribution in [0.4, 0.5) is 5.82 Å². The summed E-state index contributed by atoms with van der Waals surface area (Å²) in [6, 6.07) is 10.0. The van der Waals surface area contributed by atoms with Crippen molar-refractivity contribution in [2.45, 2.75) is 25.6 Å². The maximum Gasteiger partial charge on any atom is 0.381 e. The Morgan fingerprint density at radius 3 is 2.89 bits per heavy atom. The van der Waals surface area contributed by atoms with Crippen molar-refractivity contribution in [1.82, 2.24) is 9.55 Å². The molecule has 1 N–H and O–H groups in total. The van der Waals surface area contributed by atoms with Gasteiger partial charge >= 0.3 is 5.82 Å². The number of aromatic nitrogens is 3. The van der Waals surface area contributed by atoms with Crippen LogP contribution in [-0.4, -0.2) is 46.2 Å². The molecule has 0 radical (unpaired) electrons. The van der Waals surface area contributed by atoms with Crippen molar-refractivity contribution in [3.8, 4) is 34.3 Å². The molecule has 0 amide bonds. The van der Waals surface area contributed by atoms with Gasteiger partial charge in [0.2, 0.25) is 18.8 Å². The van der Waals surface area contributed by atoms with E-state index in [0.717, 1.165) is 46.5 Å². The normalized spacial score (nSPS) is 14.3. The van der Waals surface area contributed by atoms with E-state index in [1.54, 1.807) is 7.11 Å². The zero-order valence-corrected chi connectivity index (χ0v) is 19.4. The molecule has 0 spiro atoms. The number of rotatable bonds is 7. The summed E-state index contributed by atoms with van der Waals surface area (Å²) in [5, 5.41) is 23.2. The van der Waals surface area contributed by atoms with Crippen molar-refractivity contribution in [2.75, 3.05) is 20.5 Å². The standard InChI is InChI=1S/C25H23N4O7/c1-33-21-3-2-15-6-20-18-8-23-22(35-14-36-23)7-16(18)4-5-28(20)10-19(15)25(21)34-12-17(30)9-27-11-24(26-13-27)29(31)32/h2-3,6-8,10-11,13,17,30H,4-5,9,12,14H2,1H3/q+1. The maximum absolute atomic E-state index is 10.8. The summed E-state index contributed by atoms with van der Waals surface area (Å²) in [5.41, 5.74) is 3.39. The molecule has 11 nitrogen and oxygen atoms in total. The van der Waals surface area contributed by atoms with Crippen LogP contribution >= 0.6 is 0 Å². The van der Waals surface area contributed by atoms with Gasteiger partial charge in [0.05, 0.1) is 24.6 Å². The zero-order chi connectivity index (χ0) is 24.8. The summed E-state index contributed by atoms with van der Waals surface area (Å²) in [6.45, 7) is 1.09. The lowest BCUT2D eigenvalue weighted by molar-refractivity contribution is -0.686. The first kappa shape index (κ1) is 22.1. The number of aliphatic hydroxyl groups is 1. The zero-order valence-electron chi connectivity index (χ0n) is 19.4. The van der Waals surface area contributed by atoms with E-state index in [0.29, 0.717) is 11.5 Å². The van der Waals surface area contributed by atoms with E-state index < -0.39 is 11.0 Å². The second-order valence-electron chi connectivity index (χ2n) is 8.72. The van der Waals surface area contributed by atoms with E-state index in [1.165, 1.54) is 22.7 Å². The summed E-state index contributed by atoms with van der Waals surface area (Å²) in [4.78, 5) is 14.0. The minimum atomic E-state index is -0.916. The summed E-state index contributed by atoms with van der Waals surface area (Å²) in [5.74, 6) is 2.34. The number of fused-ring (bicyclic) bond motifs is 5. The highest BCUT2D eigenvalue weighted by molar-refractivity contribution is 5.91. The van der Waals surface area contributed by atoms with Crippen LogP contribution in [0.15, 0.2) is 49.1 Å². The van der Waals surface area contributed by atoms with Gasteiger partial charge in [-0.15, -0.1) is 0 Å². The number of aliphatic hydroxyl groups excluding tert-OH is 1. The molecular formula is C25H23N4O7+. The van der Waals surface area contributed by atoms with Gasteiger partial charge in [-0.3, -0.25) is 0 Å². The van der Waals surface area contributed by atoms with Crippen molar-refractivity contribution in [3.05, 3.63) is 64.7 Å². The van der Waals surface area contributed by atoms with Gasteiger partial charge in [-0.05, 0) is 45.1 Å². The fraction of sp³-hybridized carbons (Fsp3) is 0.280. The number of imidazole rings is 1. The molecule has 6 rings (SSSR count). The van der Waals surface area contributed by atoms with E-state index in [2.05, 4.69) is 21.7 Å². The molecule has 36 heavy (non-hydrogen) atoms. The Morgan fingerprint density at radius 2 is 2.11 bits per heavy atom. The molecule has 4 aromatic rings. The number of nitrogens with zero attached hydrogens (tertiary/aromatic N) is 4. The molecule has 2 aromatic heterocycles. The first-order valence-corrected chi connectivity index (χ1v) is 11.4. The Morgan fingerprint density at radius 1 is 1.28 bits per heavy atom. The van der Waals surface area contributed by atoms with E-state index in [-0.39, 0.29) is 25.8 Å². The predicted molar refractivity (Wildman–Crippen MR) is 126 cm³/mol. The van der Waals surface area contributed by atoms with Crippen molar-refractivity contribution < 1.29 is 33.5 Å². The van der Waals surface area contributed by atoms with Crippen molar-refractivity contribution in [1.29, 1.82) is 0 Å². The number of pyridine rings is 1. The molecule has 2 aromatic carbocycles. The third-order valence-electron chi connectivity index (χ3n) is 6.44. The van der Waals surface area contributed by atoms with Gasteiger partial charge < -0.3 is 38.7 Å². The van der Waals surface area contributed by atoms with E-state index >= 15 is 0 Å². The lowest BCUT2D eigenvalue weighted by Crippen LogP contribution is -2.40. The summed E-state index contributed by atoms with van der Waals surface area (Å²) < 4.78 is 26.4. The van der Waals surface area contributed by atoms with Crippen LogP contribution in [0.5, 0.6) is 23.0 Å². The summed E-state index contributed by atoms with van der Waals surface area (Å²) in [7, 11) is 1.57. The average molecular weight is 491 g/mol. The van der Waals surface area contributed by atoms with Gasteiger partial charge in [-0.1, -0.05) is 0 Å². The fourth-order valence-electron chi connectivity index (χ4n) is 4.72. The van der Waals surface area contributed by atoms with Crippen LogP contribution in [-0.2, 0) is 19.5 Å². The number of hydrogen-bond acceptors (Lipinski definition) is 8. The molecule has 4 heterocycles. The predicted octanol–water partition coefficient (Wildman–Crippen LogP) is 2.63. The molecule has 2 aliphatic rings. The van der Waals surface area contributed by atoms with Crippen molar-refractivity contribution in [3.63, 3.8) is 0 Å². The SMILES string of the molecule is COc1ccc2cc3[n+](cc2c1OCC(O)Cn1cnc([N+](=O)[O-])c1)CCc1cc2c(cc1-3)OCO2. The second kappa shape index (κ2) is 8.68. The van der Waals surface area contributed by atoms with Crippen LogP contribution in [0, 0.1) is 10.1 Å². The highest BCUT2D eigenvalue weighted by atomic mass is 16.7. The molecule has 2 aliphatic heterocycles. The number of ether oxygens (including phenoxy) is 4. The first-order chi connectivity index (χ1) is 17.5. The Hall–Kier alpha value is -4.38. The molecule has 11 heteroatoms. The molecule has 1 unspecified atom stereocenters. The highest BCUT2D eigenvalue weighted by Crippen LogP contribution is 2.41. The first-order valence-electron chi connectivity index (χ1n) is 11.4. The Bertz CT molecular complexity index is 1500. The minimum absolute atomic E-state index is 0.0322. The minimum Gasteiger partial charge on any atom is -0.493 e. The molecule has 0 saturated heterocycles. The van der Waals surface area contributed by atoms with Gasteiger partial charge in [-0.2, -0.15) is 4.57 Å². The van der Waals surface area contributed by atoms with Gasteiger partial charge in [0.1, 0.15) is 18.9 Å².